The van der Waals surface area contributed by atoms with Gasteiger partial charge < -0.3 is 16.2 Å². The molecule has 1 aromatic carbocycles. The normalized spacial score (nSPS) is 11.8. The van der Waals surface area contributed by atoms with Crippen LogP contribution in [0.1, 0.15) is 16.7 Å². The number of hydrogen-bond donors (Lipinski definition) is 3. The van der Waals surface area contributed by atoms with Gasteiger partial charge in [0.1, 0.15) is 24.0 Å². The van der Waals surface area contributed by atoms with Crippen LogP contribution in [0.3, 0.4) is 0 Å². The second-order valence-electron chi connectivity index (χ2n) is 6.39. The lowest BCUT2D eigenvalue weighted by atomic mass is 9.84. The lowest BCUT2D eigenvalue weighted by Gasteiger charge is -2.23. The third-order valence-electron chi connectivity index (χ3n) is 4.69. The van der Waals surface area contributed by atoms with Gasteiger partial charge in [-0.15, -0.1) is 0 Å². The Morgan fingerprint density at radius 1 is 1.25 bits per heavy atom. The molecule has 28 heavy (non-hydrogen) atoms. The maximum Gasteiger partial charge on any atom is 0.322 e. The van der Waals surface area contributed by atoms with Gasteiger partial charge in [-0.25, -0.2) is 15.0 Å². The Labute approximate surface area is 160 Å². The van der Waals surface area contributed by atoms with Crippen LogP contribution in [0.4, 0.5) is 11.8 Å². The number of fused-ring (bicyclic) bond motifs is 3. The van der Waals surface area contributed by atoms with Crippen LogP contribution in [0.25, 0.3) is 22.4 Å². The van der Waals surface area contributed by atoms with Crippen LogP contribution in [0.15, 0.2) is 36.7 Å². The standard InChI is InChI=1S/C20H16N6O2/c21-7-15-17(12-8-23-20(24-9-12)25-10-16(27)28)14-6-5-11-3-1-2-4-13(11)18(14)26-19(15)22/h1-4,8-9H,5-6,10H2,(H2,22,26)(H,27,28)(H,23,24,25). The number of carbonyl (C=O) groups is 1. The van der Waals surface area contributed by atoms with Crippen LogP contribution in [-0.4, -0.2) is 32.6 Å². The van der Waals surface area contributed by atoms with E-state index in [4.69, 9.17) is 10.8 Å². The molecule has 0 radical (unpaired) electrons. The monoisotopic (exact) mass is 372 g/mol. The number of aryl methyl sites for hydroxylation is 1. The van der Waals surface area contributed by atoms with Crippen molar-refractivity contribution < 1.29 is 9.90 Å². The van der Waals surface area contributed by atoms with E-state index in [0.29, 0.717) is 16.7 Å². The first-order chi connectivity index (χ1) is 13.6. The first-order valence-corrected chi connectivity index (χ1v) is 8.67. The highest BCUT2D eigenvalue weighted by Crippen LogP contribution is 2.40. The van der Waals surface area contributed by atoms with Crippen molar-refractivity contribution >= 4 is 17.7 Å². The zero-order valence-electron chi connectivity index (χ0n) is 14.8. The fourth-order valence-corrected chi connectivity index (χ4v) is 3.47. The molecule has 4 rings (SSSR count). The molecule has 138 valence electrons. The predicted molar refractivity (Wildman–Crippen MR) is 103 cm³/mol. The van der Waals surface area contributed by atoms with Crippen molar-refractivity contribution in [2.45, 2.75) is 12.8 Å². The molecule has 4 N–H and O–H groups in total. The van der Waals surface area contributed by atoms with Crippen molar-refractivity contribution in [1.29, 1.82) is 5.26 Å². The molecular weight excluding hydrogens is 356 g/mol. The van der Waals surface area contributed by atoms with E-state index in [1.807, 2.05) is 18.2 Å². The molecular formula is C20H16N6O2. The number of nitrogen functional groups attached to an aromatic ring is 1. The molecule has 0 unspecified atom stereocenters. The molecule has 8 heteroatoms. The Morgan fingerprint density at radius 3 is 2.71 bits per heavy atom. The molecule has 2 aromatic heterocycles. The minimum Gasteiger partial charge on any atom is -0.480 e. The van der Waals surface area contributed by atoms with E-state index in [0.717, 1.165) is 29.7 Å². The van der Waals surface area contributed by atoms with Gasteiger partial charge in [-0.1, -0.05) is 24.3 Å². The molecule has 0 amide bonds. The van der Waals surface area contributed by atoms with Crippen molar-refractivity contribution in [3.8, 4) is 28.5 Å². The van der Waals surface area contributed by atoms with Crippen molar-refractivity contribution in [1.82, 2.24) is 15.0 Å². The van der Waals surface area contributed by atoms with E-state index in [2.05, 4.69) is 32.4 Å². The topological polar surface area (TPSA) is 138 Å². The lowest BCUT2D eigenvalue weighted by Crippen LogP contribution is -2.14. The number of carboxylic acid groups (broad SMARTS) is 1. The van der Waals surface area contributed by atoms with Crippen LogP contribution in [-0.2, 0) is 17.6 Å². The number of carboxylic acids is 1. The largest absolute Gasteiger partial charge is 0.480 e. The first-order valence-electron chi connectivity index (χ1n) is 8.67. The molecule has 8 nitrogen and oxygen atoms in total. The number of aromatic nitrogens is 3. The molecule has 0 atom stereocenters. The maximum absolute atomic E-state index is 10.7. The summed E-state index contributed by atoms with van der Waals surface area (Å²) < 4.78 is 0. The summed E-state index contributed by atoms with van der Waals surface area (Å²) in [5.74, 6) is -0.638. The number of nitrogens with one attached hydrogen (secondary N) is 1. The second kappa shape index (κ2) is 6.96. The van der Waals surface area contributed by atoms with Gasteiger partial charge in [0.05, 0.1) is 5.69 Å². The zero-order chi connectivity index (χ0) is 19.7. The smallest absolute Gasteiger partial charge is 0.322 e. The number of nitrogens with zero attached hydrogens (tertiary/aromatic N) is 4. The second-order valence-corrected chi connectivity index (χ2v) is 6.39. The average molecular weight is 372 g/mol. The summed E-state index contributed by atoms with van der Waals surface area (Å²) >= 11 is 0. The van der Waals surface area contributed by atoms with E-state index < -0.39 is 5.97 Å². The fourth-order valence-electron chi connectivity index (χ4n) is 3.47. The van der Waals surface area contributed by atoms with Crippen LogP contribution in [0.5, 0.6) is 0 Å². The molecule has 3 aromatic rings. The first kappa shape index (κ1) is 17.4. The highest BCUT2D eigenvalue weighted by molar-refractivity contribution is 5.86. The third kappa shape index (κ3) is 2.99. The molecule has 0 saturated carbocycles. The van der Waals surface area contributed by atoms with Gasteiger partial charge >= 0.3 is 5.97 Å². The molecule has 1 aliphatic rings. The Kier molecular flexibility index (Phi) is 4.33. The van der Waals surface area contributed by atoms with E-state index in [9.17, 15) is 10.1 Å². The van der Waals surface area contributed by atoms with Gasteiger partial charge in [-0.05, 0) is 24.0 Å². The summed E-state index contributed by atoms with van der Waals surface area (Å²) in [5, 5.41) is 21.0. The number of anilines is 2. The van der Waals surface area contributed by atoms with Crippen LogP contribution in [0, 0.1) is 11.3 Å². The number of nitriles is 1. The van der Waals surface area contributed by atoms with Crippen LogP contribution >= 0.6 is 0 Å². The Bertz CT molecular complexity index is 1120. The minimum absolute atomic E-state index is 0.168. The fraction of sp³-hybridized carbons (Fsp3) is 0.150. The van der Waals surface area contributed by atoms with Crippen molar-refractivity contribution in [3.05, 3.63) is 53.3 Å². The lowest BCUT2D eigenvalue weighted by molar-refractivity contribution is -0.134. The van der Waals surface area contributed by atoms with Gasteiger partial charge in [-0.3, -0.25) is 4.79 Å². The van der Waals surface area contributed by atoms with E-state index in [1.165, 1.54) is 5.56 Å². The van der Waals surface area contributed by atoms with Crippen molar-refractivity contribution in [3.63, 3.8) is 0 Å². The summed E-state index contributed by atoms with van der Waals surface area (Å²) in [6.45, 7) is -0.281. The maximum atomic E-state index is 10.7. The molecule has 0 saturated heterocycles. The van der Waals surface area contributed by atoms with E-state index in [-0.39, 0.29) is 18.3 Å². The summed E-state index contributed by atoms with van der Waals surface area (Å²) in [4.78, 5) is 23.5. The third-order valence-corrected chi connectivity index (χ3v) is 4.69. The number of rotatable bonds is 4. The number of hydrogen-bond acceptors (Lipinski definition) is 7. The number of nitrogens with two attached hydrogens (primary N) is 1. The average Bonchev–Trinajstić information content (AvgIpc) is 2.71. The highest BCUT2D eigenvalue weighted by Gasteiger charge is 2.25. The summed E-state index contributed by atoms with van der Waals surface area (Å²) in [7, 11) is 0. The number of benzene rings is 1. The van der Waals surface area contributed by atoms with Gasteiger partial charge in [-0.2, -0.15) is 5.26 Å². The molecule has 0 spiro atoms. The predicted octanol–water partition coefficient (Wildman–Crippen LogP) is 2.25. The SMILES string of the molecule is N#Cc1c(N)nc2c(c1-c1cnc(NCC(=O)O)nc1)CCc1ccccc1-2. The molecule has 0 bridgehead atoms. The summed E-state index contributed by atoms with van der Waals surface area (Å²) in [6.07, 6.45) is 4.69. The van der Waals surface area contributed by atoms with Crippen LogP contribution in [0.2, 0.25) is 0 Å². The van der Waals surface area contributed by atoms with Gasteiger partial charge in [0, 0.05) is 29.1 Å². The molecule has 0 fully saturated rings. The van der Waals surface area contributed by atoms with Crippen molar-refractivity contribution in [2.24, 2.45) is 0 Å². The summed E-state index contributed by atoms with van der Waals surface area (Å²) in [6, 6.07) is 10.2. The van der Waals surface area contributed by atoms with Crippen molar-refractivity contribution in [2.75, 3.05) is 17.6 Å². The Balaban J connectivity index is 1.85. The summed E-state index contributed by atoms with van der Waals surface area (Å²) in [5.41, 5.74) is 11.7. The Morgan fingerprint density at radius 2 is 2.00 bits per heavy atom. The zero-order valence-corrected chi connectivity index (χ0v) is 14.8. The Hall–Kier alpha value is -3.99. The van der Waals surface area contributed by atoms with E-state index >= 15 is 0 Å². The van der Waals surface area contributed by atoms with Crippen LogP contribution < -0.4 is 11.1 Å². The quantitative estimate of drug-likeness (QED) is 0.634. The highest BCUT2D eigenvalue weighted by atomic mass is 16.4. The van der Waals surface area contributed by atoms with Gasteiger partial charge in [0.2, 0.25) is 5.95 Å². The van der Waals surface area contributed by atoms with E-state index in [1.54, 1.807) is 12.4 Å². The molecule has 2 heterocycles. The molecule has 0 aliphatic heterocycles. The number of aliphatic carboxylic acids is 1. The van der Waals surface area contributed by atoms with Gasteiger partial charge in [0.25, 0.3) is 0 Å². The molecule has 1 aliphatic carbocycles. The minimum atomic E-state index is -1.01. The number of pyridine rings is 1. The van der Waals surface area contributed by atoms with Gasteiger partial charge in [0.15, 0.2) is 0 Å².